The standard InChI is InChI=1S/C33H60N5O9PS2/c1-21(2)22-15-16-33(12,43)24(20-22)50-48(49)44-19-18-34-25(39)23(36-27(40)45-30(3,4)5)14-13-17-35-26(37-28(41)46-31(6,7)8)38-29(42)47-32(9,10)11/h22-24,43,48H,1,13-20H2,2-12H3,(H,34,39)(H,36,40)(H2,35,37,38,41,42)/t22-,23-,24+,33+/m0/s1. The summed E-state index contributed by atoms with van der Waals surface area (Å²) in [6.45, 7) is 23.6. The molecule has 0 heterocycles. The number of guanidine groups is 1. The number of carbonyl (C=O) groups is 4. The van der Waals surface area contributed by atoms with Crippen molar-refractivity contribution >= 4 is 59.5 Å². The summed E-state index contributed by atoms with van der Waals surface area (Å²) in [5.74, 6) is -0.318. The molecular weight excluding hydrogens is 705 g/mol. The molecular formula is C33H60N5O9PS2. The Balaban J connectivity index is 2.83. The molecule has 0 aromatic carbocycles. The second kappa shape index (κ2) is 20.0. The zero-order valence-corrected chi connectivity index (χ0v) is 34.2. The largest absolute Gasteiger partial charge is 0.444 e. The molecule has 50 heavy (non-hydrogen) atoms. The molecule has 0 saturated heterocycles. The topological polar surface area (TPSA) is 186 Å². The van der Waals surface area contributed by atoms with E-state index in [1.54, 1.807) is 62.3 Å². The molecule has 0 bridgehead atoms. The van der Waals surface area contributed by atoms with Crippen LogP contribution in [-0.4, -0.2) is 88.6 Å². The number of alkyl carbamates (subject to hydrolysis) is 2. The molecule has 0 aromatic rings. The van der Waals surface area contributed by atoms with E-state index in [0.29, 0.717) is 18.8 Å². The predicted molar refractivity (Wildman–Crippen MR) is 202 cm³/mol. The SMILES string of the molecule is C=C(C)[C@H]1CC[C@@](C)(O)[C@H](S[PH](=S)OCCNC(=O)[C@H](CCCN/C(=N/C(=O)OC(C)(C)C)NC(=O)OC(C)(C)C)NC(=O)OC(C)(C)C)C1. The molecule has 0 aromatic heterocycles. The minimum Gasteiger partial charge on any atom is -0.444 e. The Bertz CT molecular complexity index is 1240. The van der Waals surface area contributed by atoms with Crippen LogP contribution in [0.25, 0.3) is 0 Å². The van der Waals surface area contributed by atoms with Crippen LogP contribution >= 0.6 is 17.5 Å². The van der Waals surface area contributed by atoms with Crippen molar-refractivity contribution in [1.29, 1.82) is 0 Å². The summed E-state index contributed by atoms with van der Waals surface area (Å²) in [5, 5.41) is 21.5. The fraction of sp³-hybridized carbons (Fsp3) is 0.788. The predicted octanol–water partition coefficient (Wildman–Crippen LogP) is 5.93. The van der Waals surface area contributed by atoms with E-state index in [1.165, 1.54) is 11.4 Å². The molecule has 288 valence electrons. The fourth-order valence-electron chi connectivity index (χ4n) is 4.58. The highest BCUT2D eigenvalue weighted by molar-refractivity contribution is 8.63. The van der Waals surface area contributed by atoms with Gasteiger partial charge in [-0.05, 0) is 114 Å². The van der Waals surface area contributed by atoms with Gasteiger partial charge in [-0.15, -0.1) is 4.99 Å². The highest BCUT2D eigenvalue weighted by atomic mass is 32.9. The number of aliphatic hydroxyl groups is 1. The molecule has 1 rings (SSSR count). The fourth-order valence-corrected chi connectivity index (χ4v) is 9.35. The Morgan fingerprint density at radius 3 is 2.12 bits per heavy atom. The summed E-state index contributed by atoms with van der Waals surface area (Å²) in [4.78, 5) is 54.3. The molecule has 1 unspecified atom stereocenters. The normalized spacial score (nSPS) is 21.2. The Kier molecular flexibility index (Phi) is 18.3. The number of nitrogens with zero attached hydrogens (tertiary/aromatic N) is 1. The lowest BCUT2D eigenvalue weighted by atomic mass is 9.77. The quantitative estimate of drug-likeness (QED) is 0.0372. The van der Waals surface area contributed by atoms with Gasteiger partial charge in [0.15, 0.2) is 0 Å². The number of allylic oxidation sites excluding steroid dienone is 1. The van der Waals surface area contributed by atoms with E-state index in [-0.39, 0.29) is 37.3 Å². The van der Waals surface area contributed by atoms with Gasteiger partial charge in [0.1, 0.15) is 29.0 Å². The van der Waals surface area contributed by atoms with Crippen LogP contribution in [0.5, 0.6) is 0 Å². The van der Waals surface area contributed by atoms with Crippen LogP contribution in [0.4, 0.5) is 14.4 Å². The van der Waals surface area contributed by atoms with Crippen molar-refractivity contribution < 1.29 is 43.0 Å². The van der Waals surface area contributed by atoms with Crippen molar-refractivity contribution in [1.82, 2.24) is 21.3 Å². The minimum absolute atomic E-state index is 0.0658. The van der Waals surface area contributed by atoms with E-state index in [9.17, 15) is 24.3 Å². The molecule has 1 aliphatic carbocycles. The van der Waals surface area contributed by atoms with Crippen molar-refractivity contribution in [3.05, 3.63) is 12.2 Å². The number of amides is 4. The maximum absolute atomic E-state index is 13.2. The van der Waals surface area contributed by atoms with Gasteiger partial charge in [-0.1, -0.05) is 35.3 Å². The van der Waals surface area contributed by atoms with E-state index in [0.717, 1.165) is 18.4 Å². The molecule has 1 aliphatic rings. The number of nitrogens with one attached hydrogen (secondary N) is 4. The zero-order chi connectivity index (χ0) is 38.5. The van der Waals surface area contributed by atoms with Gasteiger partial charge in [-0.2, -0.15) is 0 Å². The number of ether oxygens (including phenoxy) is 3. The van der Waals surface area contributed by atoms with Crippen LogP contribution < -0.4 is 21.3 Å². The van der Waals surface area contributed by atoms with E-state index in [1.807, 2.05) is 13.8 Å². The van der Waals surface area contributed by atoms with E-state index < -0.39 is 58.8 Å². The van der Waals surface area contributed by atoms with Gasteiger partial charge < -0.3 is 39.8 Å². The second-order valence-corrected chi connectivity index (χ2v) is 20.8. The summed E-state index contributed by atoms with van der Waals surface area (Å²) in [6.07, 6.45) is -1.46. The third-order valence-electron chi connectivity index (χ3n) is 6.93. The first kappa shape index (κ1) is 45.6. The smallest absolute Gasteiger partial charge is 0.437 e. The van der Waals surface area contributed by atoms with Gasteiger partial charge >= 0.3 is 18.3 Å². The van der Waals surface area contributed by atoms with Crippen molar-refractivity contribution in [2.75, 3.05) is 19.7 Å². The average Bonchev–Trinajstić information content (AvgIpc) is 2.90. The molecule has 5 atom stereocenters. The first-order valence-corrected chi connectivity index (χ1v) is 20.9. The molecule has 17 heteroatoms. The number of rotatable bonds is 13. The van der Waals surface area contributed by atoms with E-state index in [4.69, 9.17) is 30.5 Å². The number of hydrogen-bond acceptors (Lipinski definition) is 11. The van der Waals surface area contributed by atoms with Gasteiger partial charge in [-0.25, -0.2) is 14.4 Å². The van der Waals surface area contributed by atoms with Gasteiger partial charge in [-0.3, -0.25) is 10.1 Å². The lowest BCUT2D eigenvalue weighted by Crippen LogP contribution is -2.49. The van der Waals surface area contributed by atoms with Crippen LogP contribution in [0.2, 0.25) is 0 Å². The van der Waals surface area contributed by atoms with Crippen molar-refractivity contribution in [2.45, 2.75) is 142 Å². The van der Waals surface area contributed by atoms with Gasteiger partial charge in [0.2, 0.25) is 11.9 Å². The molecule has 1 fully saturated rings. The Hall–Kier alpha value is -2.39. The first-order chi connectivity index (χ1) is 22.8. The maximum atomic E-state index is 13.2. The van der Waals surface area contributed by atoms with Crippen LogP contribution in [0.3, 0.4) is 0 Å². The first-order valence-electron chi connectivity index (χ1n) is 16.8. The maximum Gasteiger partial charge on any atom is 0.437 e. The lowest BCUT2D eigenvalue weighted by Gasteiger charge is -2.40. The van der Waals surface area contributed by atoms with Crippen LogP contribution in [0.15, 0.2) is 17.1 Å². The lowest BCUT2D eigenvalue weighted by molar-refractivity contribution is -0.123. The molecule has 5 N–H and O–H groups in total. The van der Waals surface area contributed by atoms with Crippen molar-refractivity contribution in [3.8, 4) is 0 Å². The van der Waals surface area contributed by atoms with Crippen molar-refractivity contribution in [2.24, 2.45) is 10.9 Å². The van der Waals surface area contributed by atoms with Crippen LogP contribution in [0.1, 0.15) is 108 Å². The molecule has 14 nitrogen and oxygen atoms in total. The Labute approximate surface area is 307 Å². The highest BCUT2D eigenvalue weighted by Crippen LogP contribution is 2.51. The molecule has 0 aliphatic heterocycles. The average molecular weight is 766 g/mol. The third-order valence-corrected chi connectivity index (χ3v) is 11.6. The number of carbonyl (C=O) groups excluding carboxylic acids is 4. The van der Waals surface area contributed by atoms with Crippen LogP contribution in [0, 0.1) is 5.92 Å². The highest BCUT2D eigenvalue weighted by Gasteiger charge is 2.39. The summed E-state index contributed by atoms with van der Waals surface area (Å²) in [7, 11) is 0. The summed E-state index contributed by atoms with van der Waals surface area (Å²) >= 11 is 7.09. The summed E-state index contributed by atoms with van der Waals surface area (Å²) in [5.41, 5.74) is -2.13. The molecule has 0 radical (unpaired) electrons. The number of hydrogen-bond donors (Lipinski definition) is 5. The molecule has 1 saturated carbocycles. The van der Waals surface area contributed by atoms with E-state index in [2.05, 4.69) is 32.8 Å². The second-order valence-electron chi connectivity index (χ2n) is 15.5. The van der Waals surface area contributed by atoms with Gasteiger partial charge in [0, 0.05) is 18.3 Å². The Morgan fingerprint density at radius 2 is 1.56 bits per heavy atom. The zero-order valence-electron chi connectivity index (χ0n) is 31.6. The molecule has 0 spiro atoms. The van der Waals surface area contributed by atoms with Gasteiger partial charge in [0.05, 0.1) is 12.2 Å². The molecule has 4 amide bonds. The van der Waals surface area contributed by atoms with Gasteiger partial charge in [0.25, 0.3) is 0 Å². The van der Waals surface area contributed by atoms with Crippen molar-refractivity contribution in [3.63, 3.8) is 0 Å². The van der Waals surface area contributed by atoms with Crippen LogP contribution in [-0.2, 0) is 35.3 Å². The monoisotopic (exact) mass is 765 g/mol. The Morgan fingerprint density at radius 1 is 0.980 bits per heavy atom. The third kappa shape index (κ3) is 20.5. The van der Waals surface area contributed by atoms with E-state index >= 15 is 0 Å². The number of aliphatic imine (C=N–C) groups is 1. The summed E-state index contributed by atoms with van der Waals surface area (Å²) < 4.78 is 21.7. The summed E-state index contributed by atoms with van der Waals surface area (Å²) in [6, 6.07) is -0.976. The minimum atomic E-state index is -1.75.